The van der Waals surface area contributed by atoms with Crippen LogP contribution in [0.4, 0.5) is 0 Å². The third-order valence-corrected chi connectivity index (χ3v) is 2.80. The molecule has 0 heterocycles. The SMILES string of the molecule is NCC(OCCOc1ccccc1)c1ccccc1. The minimum atomic E-state index is -0.0689. The summed E-state index contributed by atoms with van der Waals surface area (Å²) in [5.41, 5.74) is 6.83. The van der Waals surface area contributed by atoms with Gasteiger partial charge in [-0.05, 0) is 17.7 Å². The summed E-state index contributed by atoms with van der Waals surface area (Å²) < 4.78 is 11.3. The standard InChI is InChI=1S/C16H19NO2/c17-13-16(14-7-3-1-4-8-14)19-12-11-18-15-9-5-2-6-10-15/h1-10,16H,11-13,17H2. The van der Waals surface area contributed by atoms with Crippen molar-refractivity contribution in [3.63, 3.8) is 0 Å². The molecule has 2 aromatic rings. The van der Waals surface area contributed by atoms with E-state index in [2.05, 4.69) is 0 Å². The van der Waals surface area contributed by atoms with Crippen LogP contribution in [0.25, 0.3) is 0 Å². The normalized spacial score (nSPS) is 12.1. The number of hydrogen-bond acceptors (Lipinski definition) is 3. The molecular weight excluding hydrogens is 238 g/mol. The molecule has 0 aliphatic carbocycles. The van der Waals surface area contributed by atoms with Crippen LogP contribution in [0.3, 0.4) is 0 Å². The second-order valence-corrected chi connectivity index (χ2v) is 4.17. The maximum atomic E-state index is 5.75. The third kappa shape index (κ3) is 4.39. The molecule has 0 aromatic heterocycles. The Morgan fingerprint density at radius 1 is 0.842 bits per heavy atom. The summed E-state index contributed by atoms with van der Waals surface area (Å²) >= 11 is 0. The number of rotatable bonds is 7. The highest BCUT2D eigenvalue weighted by Crippen LogP contribution is 2.15. The molecule has 1 atom stereocenters. The maximum absolute atomic E-state index is 5.75. The lowest BCUT2D eigenvalue weighted by atomic mass is 10.1. The average Bonchev–Trinajstić information content (AvgIpc) is 2.49. The Hall–Kier alpha value is -1.84. The topological polar surface area (TPSA) is 44.5 Å². The maximum Gasteiger partial charge on any atom is 0.119 e. The van der Waals surface area contributed by atoms with Crippen molar-refractivity contribution in [3.8, 4) is 5.75 Å². The molecule has 1 unspecified atom stereocenters. The second-order valence-electron chi connectivity index (χ2n) is 4.17. The van der Waals surface area contributed by atoms with Crippen molar-refractivity contribution in [2.75, 3.05) is 19.8 Å². The van der Waals surface area contributed by atoms with Crippen molar-refractivity contribution in [3.05, 3.63) is 66.2 Å². The van der Waals surface area contributed by atoms with E-state index in [1.54, 1.807) is 0 Å². The van der Waals surface area contributed by atoms with Crippen LogP contribution in [0.15, 0.2) is 60.7 Å². The van der Waals surface area contributed by atoms with Crippen molar-refractivity contribution in [2.24, 2.45) is 5.73 Å². The summed E-state index contributed by atoms with van der Waals surface area (Å²) in [5, 5.41) is 0. The van der Waals surface area contributed by atoms with Crippen molar-refractivity contribution in [1.29, 1.82) is 0 Å². The third-order valence-electron chi connectivity index (χ3n) is 2.80. The van der Waals surface area contributed by atoms with Gasteiger partial charge in [-0.3, -0.25) is 0 Å². The molecule has 100 valence electrons. The fraction of sp³-hybridized carbons (Fsp3) is 0.250. The van der Waals surface area contributed by atoms with E-state index in [4.69, 9.17) is 15.2 Å². The summed E-state index contributed by atoms with van der Waals surface area (Å²) in [6.45, 7) is 1.51. The van der Waals surface area contributed by atoms with Gasteiger partial charge in [-0.25, -0.2) is 0 Å². The average molecular weight is 257 g/mol. The van der Waals surface area contributed by atoms with Gasteiger partial charge in [0, 0.05) is 6.54 Å². The van der Waals surface area contributed by atoms with Gasteiger partial charge in [-0.2, -0.15) is 0 Å². The van der Waals surface area contributed by atoms with Gasteiger partial charge in [0.25, 0.3) is 0 Å². The fourth-order valence-corrected chi connectivity index (χ4v) is 1.83. The molecule has 0 aliphatic heterocycles. The lowest BCUT2D eigenvalue weighted by molar-refractivity contribution is 0.0380. The first-order chi connectivity index (χ1) is 9.40. The molecule has 0 saturated carbocycles. The van der Waals surface area contributed by atoms with E-state index in [0.717, 1.165) is 11.3 Å². The number of nitrogens with two attached hydrogens (primary N) is 1. The Balaban J connectivity index is 1.75. The van der Waals surface area contributed by atoms with Crippen LogP contribution in [0, 0.1) is 0 Å². The van der Waals surface area contributed by atoms with Gasteiger partial charge in [-0.1, -0.05) is 48.5 Å². The van der Waals surface area contributed by atoms with Crippen LogP contribution in [-0.4, -0.2) is 19.8 Å². The van der Waals surface area contributed by atoms with E-state index in [-0.39, 0.29) is 6.10 Å². The number of ether oxygens (including phenoxy) is 2. The van der Waals surface area contributed by atoms with Gasteiger partial charge < -0.3 is 15.2 Å². The van der Waals surface area contributed by atoms with Gasteiger partial charge in [0.2, 0.25) is 0 Å². The molecule has 0 spiro atoms. The van der Waals surface area contributed by atoms with Crippen LogP contribution in [0.2, 0.25) is 0 Å². The van der Waals surface area contributed by atoms with E-state index in [1.807, 2.05) is 60.7 Å². The summed E-state index contributed by atoms with van der Waals surface area (Å²) in [7, 11) is 0. The first-order valence-electron chi connectivity index (χ1n) is 6.44. The molecule has 0 radical (unpaired) electrons. The Morgan fingerprint density at radius 2 is 1.47 bits per heavy atom. The van der Waals surface area contributed by atoms with E-state index >= 15 is 0 Å². The zero-order valence-corrected chi connectivity index (χ0v) is 10.9. The summed E-state index contributed by atoms with van der Waals surface area (Å²) in [5.74, 6) is 0.857. The lowest BCUT2D eigenvalue weighted by Crippen LogP contribution is -2.18. The van der Waals surface area contributed by atoms with Crippen molar-refractivity contribution in [2.45, 2.75) is 6.10 Å². The van der Waals surface area contributed by atoms with Gasteiger partial charge in [-0.15, -0.1) is 0 Å². The monoisotopic (exact) mass is 257 g/mol. The van der Waals surface area contributed by atoms with E-state index in [0.29, 0.717) is 19.8 Å². The lowest BCUT2D eigenvalue weighted by Gasteiger charge is -2.16. The smallest absolute Gasteiger partial charge is 0.119 e. The van der Waals surface area contributed by atoms with Gasteiger partial charge in [0.1, 0.15) is 12.4 Å². The highest BCUT2D eigenvalue weighted by Gasteiger charge is 2.08. The molecule has 19 heavy (non-hydrogen) atoms. The zero-order chi connectivity index (χ0) is 13.3. The highest BCUT2D eigenvalue weighted by molar-refractivity contribution is 5.21. The number of para-hydroxylation sites is 1. The molecule has 2 N–H and O–H groups in total. The van der Waals surface area contributed by atoms with Crippen LogP contribution in [0.5, 0.6) is 5.75 Å². The minimum absolute atomic E-state index is 0.0689. The second kappa shape index (κ2) is 7.56. The van der Waals surface area contributed by atoms with Crippen molar-refractivity contribution in [1.82, 2.24) is 0 Å². The molecule has 0 aliphatic rings. The first kappa shape index (κ1) is 13.6. The molecule has 3 heteroatoms. The molecular formula is C16H19NO2. The molecule has 0 amide bonds. The Kier molecular flexibility index (Phi) is 5.41. The van der Waals surface area contributed by atoms with E-state index in [1.165, 1.54) is 0 Å². The fourth-order valence-electron chi connectivity index (χ4n) is 1.83. The first-order valence-corrected chi connectivity index (χ1v) is 6.44. The quantitative estimate of drug-likeness (QED) is 0.776. The van der Waals surface area contributed by atoms with Crippen molar-refractivity contribution < 1.29 is 9.47 Å². The largest absolute Gasteiger partial charge is 0.491 e. The van der Waals surface area contributed by atoms with Crippen LogP contribution >= 0.6 is 0 Å². The Morgan fingerprint density at radius 3 is 2.11 bits per heavy atom. The van der Waals surface area contributed by atoms with Gasteiger partial charge >= 0.3 is 0 Å². The Labute approximate surface area is 114 Å². The molecule has 0 saturated heterocycles. The predicted octanol–water partition coefficient (Wildman–Crippen LogP) is 2.78. The molecule has 3 nitrogen and oxygen atoms in total. The van der Waals surface area contributed by atoms with E-state index in [9.17, 15) is 0 Å². The van der Waals surface area contributed by atoms with Crippen LogP contribution in [-0.2, 0) is 4.74 Å². The molecule has 2 rings (SSSR count). The van der Waals surface area contributed by atoms with Crippen LogP contribution in [0.1, 0.15) is 11.7 Å². The minimum Gasteiger partial charge on any atom is -0.491 e. The predicted molar refractivity (Wildman–Crippen MR) is 76.1 cm³/mol. The van der Waals surface area contributed by atoms with Gasteiger partial charge in [0.15, 0.2) is 0 Å². The number of benzene rings is 2. The summed E-state index contributed by atoms with van der Waals surface area (Å²) in [6.07, 6.45) is -0.0689. The number of hydrogen-bond donors (Lipinski definition) is 1. The molecule has 0 fully saturated rings. The van der Waals surface area contributed by atoms with Gasteiger partial charge in [0.05, 0.1) is 12.7 Å². The zero-order valence-electron chi connectivity index (χ0n) is 10.9. The molecule has 0 bridgehead atoms. The van der Waals surface area contributed by atoms with E-state index < -0.39 is 0 Å². The molecule has 2 aromatic carbocycles. The Bertz CT molecular complexity index is 459. The van der Waals surface area contributed by atoms with Crippen LogP contribution < -0.4 is 10.5 Å². The summed E-state index contributed by atoms with van der Waals surface area (Å²) in [4.78, 5) is 0. The van der Waals surface area contributed by atoms with Crippen molar-refractivity contribution >= 4 is 0 Å². The highest BCUT2D eigenvalue weighted by atomic mass is 16.5. The summed E-state index contributed by atoms with van der Waals surface area (Å²) in [6, 6.07) is 19.7.